The Morgan fingerprint density at radius 3 is 2.09 bits per heavy atom. The zero-order chi connectivity index (χ0) is 40.2. The number of methoxy groups -OCH3 is 3. The van der Waals surface area contributed by atoms with Crippen molar-refractivity contribution in [1.29, 1.82) is 0 Å². The summed E-state index contributed by atoms with van der Waals surface area (Å²) in [4.78, 5) is 72.7. The lowest BCUT2D eigenvalue weighted by atomic mass is 10.1. The fourth-order valence-electron chi connectivity index (χ4n) is 6.31. The highest BCUT2D eigenvalue weighted by molar-refractivity contribution is 7.66. The average Bonchev–Trinajstić information content (AvgIpc) is 3.82. The van der Waals surface area contributed by atoms with Crippen LogP contribution in [0, 0.1) is 6.92 Å². The zero-order valence-corrected chi connectivity index (χ0v) is 32.0. The number of phosphoric ester groups is 2. The van der Waals surface area contributed by atoms with Crippen molar-refractivity contribution in [2.75, 3.05) is 40.3 Å². The number of fused-ring (bicyclic) bond motifs is 2. The monoisotopic (exact) mass is 844 g/mol. The lowest BCUT2D eigenvalue weighted by molar-refractivity contribution is -0.746. The van der Waals surface area contributed by atoms with E-state index in [1.165, 1.54) is 54.6 Å². The van der Waals surface area contributed by atoms with Crippen molar-refractivity contribution in [3.63, 3.8) is 0 Å². The normalized spacial score (nSPS) is 29.1. The fourth-order valence-corrected chi connectivity index (χ4v) is 9.83. The van der Waals surface area contributed by atoms with Gasteiger partial charge >= 0.3 is 29.1 Å². The number of aryl methyl sites for hydroxylation is 2. The van der Waals surface area contributed by atoms with E-state index in [0.717, 1.165) is 0 Å². The first kappa shape index (κ1) is 41.3. The maximum atomic E-state index is 12.8. The van der Waals surface area contributed by atoms with Crippen LogP contribution in [0.5, 0.6) is 0 Å². The van der Waals surface area contributed by atoms with Crippen LogP contribution in [-0.2, 0) is 62.1 Å². The summed E-state index contributed by atoms with van der Waals surface area (Å²) in [6.07, 6.45) is -6.93. The molecule has 0 spiro atoms. The summed E-state index contributed by atoms with van der Waals surface area (Å²) in [5.74, 6) is 0.0471. The van der Waals surface area contributed by atoms with E-state index in [-0.39, 0.29) is 34.1 Å². The van der Waals surface area contributed by atoms with E-state index in [1.807, 2.05) is 0 Å². The molecular formula is C25H37N9O18P3+. The summed E-state index contributed by atoms with van der Waals surface area (Å²) in [5, 5.41) is 10.9. The van der Waals surface area contributed by atoms with Gasteiger partial charge in [-0.25, -0.2) is 28.2 Å². The van der Waals surface area contributed by atoms with Gasteiger partial charge in [-0.2, -0.15) is 8.62 Å². The van der Waals surface area contributed by atoms with E-state index < -0.39 is 96.9 Å². The second kappa shape index (κ2) is 15.5. The van der Waals surface area contributed by atoms with Crippen molar-refractivity contribution >= 4 is 51.7 Å². The zero-order valence-electron chi connectivity index (χ0n) is 29.3. The fraction of sp³-hybridized carbons (Fsp3) is 0.600. The maximum Gasteiger partial charge on any atom is 0.490 e. The van der Waals surface area contributed by atoms with Crippen molar-refractivity contribution in [1.82, 2.24) is 34.1 Å². The van der Waals surface area contributed by atoms with E-state index in [4.69, 9.17) is 38.5 Å². The highest BCUT2D eigenvalue weighted by atomic mass is 31.3. The molecule has 2 aliphatic heterocycles. The molecule has 6 rings (SSSR count). The summed E-state index contributed by atoms with van der Waals surface area (Å²) in [7, 11) is -11.8. The van der Waals surface area contributed by atoms with Crippen LogP contribution in [0.2, 0.25) is 0 Å². The number of ether oxygens (including phenoxy) is 5. The average molecular weight is 845 g/mol. The maximum absolute atomic E-state index is 12.8. The number of nitrogens with zero attached hydrogens (tertiary/aromatic N) is 6. The largest absolute Gasteiger partial charge is 0.490 e. The molecule has 0 aromatic carbocycles. The van der Waals surface area contributed by atoms with Gasteiger partial charge in [0.2, 0.25) is 11.7 Å². The molecule has 2 fully saturated rings. The summed E-state index contributed by atoms with van der Waals surface area (Å²) in [6, 6.07) is 0. The number of hydrogen-bond acceptors (Lipinski definition) is 19. The molecule has 8 N–H and O–H groups in total. The molecule has 2 saturated heterocycles. The first-order chi connectivity index (χ1) is 25.8. The standard InChI is InChI=1S/C25H36N9O18P3/c1-10-28-19-13(21(36)29-10)27-8-33(19)23-15(35)16(44-3)11(49-23)6-47-53(38,39)51-55(42,43)52-54(40,41)48-7-12-17(45-4)18(46-5)24(50-12)34-9-32(2)14-20(34)30-25(26)31-22(14)37/h8-9,11-12,15-18,23-24,35H,6-7H2,1-5H3,(H6-,26,28,29,30,31,36,37,38,39,40,41,42,43)/p+1/t11-,12-,15+,16?,17+,18?,23-,24-/m1/s1. The molecule has 304 valence electrons. The van der Waals surface area contributed by atoms with Gasteiger partial charge in [-0.05, 0) is 6.92 Å². The van der Waals surface area contributed by atoms with Crippen molar-refractivity contribution in [3.05, 3.63) is 39.2 Å². The minimum atomic E-state index is -5.92. The molecule has 11 atom stereocenters. The van der Waals surface area contributed by atoms with Gasteiger partial charge in [-0.1, -0.05) is 4.98 Å². The summed E-state index contributed by atoms with van der Waals surface area (Å²) >= 11 is 0. The van der Waals surface area contributed by atoms with E-state index in [2.05, 4.69) is 33.5 Å². The Morgan fingerprint density at radius 2 is 1.49 bits per heavy atom. The molecule has 0 amide bonds. The highest BCUT2D eigenvalue weighted by Gasteiger charge is 2.52. The second-order valence-corrected chi connectivity index (χ2v) is 16.7. The highest BCUT2D eigenvalue weighted by Crippen LogP contribution is 2.68. The molecule has 27 nitrogen and oxygen atoms in total. The number of aromatic nitrogens is 8. The minimum Gasteiger partial charge on any atom is -0.386 e. The van der Waals surface area contributed by atoms with Crippen LogP contribution in [0.4, 0.5) is 5.95 Å². The van der Waals surface area contributed by atoms with Gasteiger partial charge in [-0.3, -0.25) is 32.8 Å². The number of hydrogen-bond donors (Lipinski definition) is 7. The first-order valence-electron chi connectivity index (χ1n) is 15.8. The van der Waals surface area contributed by atoms with E-state index >= 15 is 0 Å². The van der Waals surface area contributed by atoms with Crippen LogP contribution in [0.15, 0.2) is 22.2 Å². The molecule has 0 saturated carbocycles. The Hall–Kier alpha value is -3.33. The third kappa shape index (κ3) is 8.38. The van der Waals surface area contributed by atoms with Crippen LogP contribution < -0.4 is 21.4 Å². The lowest BCUT2D eigenvalue weighted by Gasteiger charge is -2.22. The Balaban J connectivity index is 1.08. The van der Waals surface area contributed by atoms with Crippen LogP contribution in [0.3, 0.4) is 0 Å². The number of nitrogens with one attached hydrogen (secondary N) is 2. The Kier molecular flexibility index (Phi) is 11.7. The number of H-pyrrole nitrogens is 2. The number of aliphatic hydroxyl groups excluding tert-OH is 1. The molecule has 0 bridgehead atoms. The molecule has 5 unspecified atom stereocenters. The number of anilines is 1. The number of aliphatic hydroxyl groups is 1. The third-order valence-corrected chi connectivity index (χ3v) is 12.8. The van der Waals surface area contributed by atoms with Crippen molar-refractivity contribution < 1.29 is 79.4 Å². The van der Waals surface area contributed by atoms with Crippen LogP contribution in [0.25, 0.3) is 22.3 Å². The quantitative estimate of drug-likeness (QED) is 0.0509. The van der Waals surface area contributed by atoms with Gasteiger partial charge in [0, 0.05) is 21.3 Å². The van der Waals surface area contributed by atoms with Gasteiger partial charge in [-0.15, -0.1) is 0 Å². The SMILES string of the molecule is COC1[C@@H](OC)[C@@H](COP(=O)(O)OP(=O)(O)OP(=O)(O)OC[C@H]2O[C@@H](n3cnc4c(=O)[nH]c(C)nc43)[C@@H](O)C2OC)O[C@H]1[n+]1cn(C)c2c(=O)[nH]c(N)nc21. The minimum absolute atomic E-state index is 0.0480. The molecular weight excluding hydrogens is 807 g/mol. The summed E-state index contributed by atoms with van der Waals surface area (Å²) < 4.78 is 88.4. The predicted molar refractivity (Wildman–Crippen MR) is 179 cm³/mol. The van der Waals surface area contributed by atoms with Crippen LogP contribution in [0.1, 0.15) is 18.3 Å². The number of aromatic amines is 2. The van der Waals surface area contributed by atoms with Crippen molar-refractivity contribution in [3.8, 4) is 0 Å². The van der Waals surface area contributed by atoms with Gasteiger partial charge < -0.3 is 54.2 Å². The van der Waals surface area contributed by atoms with Gasteiger partial charge in [0.25, 0.3) is 17.1 Å². The van der Waals surface area contributed by atoms with Gasteiger partial charge in [0.1, 0.15) is 42.4 Å². The smallest absolute Gasteiger partial charge is 0.386 e. The Bertz CT molecular complexity index is 2330. The molecule has 2 aliphatic rings. The number of imidazole rings is 2. The van der Waals surface area contributed by atoms with Gasteiger partial charge in [0.05, 0.1) is 26.6 Å². The number of nitrogen functional groups attached to an aromatic ring is 1. The molecule has 6 heterocycles. The van der Waals surface area contributed by atoms with Gasteiger partial charge in [0.15, 0.2) is 23.7 Å². The summed E-state index contributed by atoms with van der Waals surface area (Å²) in [6.45, 7) is -0.227. The molecule has 4 aromatic heterocycles. The second-order valence-electron chi connectivity index (χ2n) is 12.1. The van der Waals surface area contributed by atoms with Crippen molar-refractivity contribution in [2.45, 2.75) is 56.0 Å². The lowest BCUT2D eigenvalue weighted by Crippen LogP contribution is -2.47. The third-order valence-electron chi connectivity index (χ3n) is 8.52. The van der Waals surface area contributed by atoms with E-state index in [1.54, 1.807) is 7.05 Å². The first-order valence-corrected chi connectivity index (χ1v) is 20.2. The number of rotatable bonds is 15. The summed E-state index contributed by atoms with van der Waals surface area (Å²) in [5.41, 5.74) is 4.85. The molecule has 0 aliphatic carbocycles. The predicted octanol–water partition coefficient (Wildman–Crippen LogP) is -1.86. The topological polar surface area (TPSA) is 359 Å². The van der Waals surface area contributed by atoms with Crippen molar-refractivity contribution in [2.24, 2.45) is 7.05 Å². The van der Waals surface area contributed by atoms with Crippen LogP contribution in [-0.4, -0.2) is 125 Å². The molecule has 30 heteroatoms. The van der Waals surface area contributed by atoms with E-state index in [0.29, 0.717) is 0 Å². The number of phosphoric acid groups is 3. The van der Waals surface area contributed by atoms with E-state index in [9.17, 15) is 43.1 Å². The number of nitrogens with two attached hydrogens (primary N) is 1. The molecule has 55 heavy (non-hydrogen) atoms. The molecule has 0 radical (unpaired) electrons. The Labute approximate surface area is 307 Å². The van der Waals surface area contributed by atoms with Crippen LogP contribution >= 0.6 is 23.5 Å². The Morgan fingerprint density at radius 1 is 0.891 bits per heavy atom. The molecule has 4 aromatic rings.